The third-order valence-electron chi connectivity index (χ3n) is 2.32. The Balaban J connectivity index is 4.25. The molecule has 4 nitrogen and oxygen atoms in total. The highest BCUT2D eigenvalue weighted by atomic mass is 16.5. The number of carbonyl (C=O) groups is 2. The fourth-order valence-corrected chi connectivity index (χ4v) is 1.47. The van der Waals surface area contributed by atoms with E-state index in [4.69, 9.17) is 9.84 Å². The van der Waals surface area contributed by atoms with Crippen molar-refractivity contribution in [3.63, 3.8) is 0 Å². The van der Waals surface area contributed by atoms with Crippen molar-refractivity contribution in [3.8, 4) is 0 Å². The Morgan fingerprint density at radius 1 is 1.33 bits per heavy atom. The molecule has 0 aromatic rings. The molecule has 2 atom stereocenters. The van der Waals surface area contributed by atoms with Crippen LogP contribution in [0.2, 0.25) is 0 Å². The van der Waals surface area contributed by atoms with Crippen molar-refractivity contribution in [3.05, 3.63) is 0 Å². The van der Waals surface area contributed by atoms with Crippen LogP contribution in [0.4, 0.5) is 0 Å². The number of ether oxygens (including phenoxy) is 1. The number of hydrogen-bond acceptors (Lipinski definition) is 3. The summed E-state index contributed by atoms with van der Waals surface area (Å²) >= 11 is 0. The highest BCUT2D eigenvalue weighted by Gasteiger charge is 2.24. The van der Waals surface area contributed by atoms with Crippen LogP contribution in [0.5, 0.6) is 0 Å². The summed E-state index contributed by atoms with van der Waals surface area (Å²) in [7, 11) is 0. The number of hydrogen-bond donors (Lipinski definition) is 1. The average molecular weight is 216 g/mol. The van der Waals surface area contributed by atoms with Crippen LogP contribution >= 0.6 is 0 Å². The van der Waals surface area contributed by atoms with E-state index in [1.807, 2.05) is 6.92 Å². The van der Waals surface area contributed by atoms with Gasteiger partial charge in [0.1, 0.15) is 0 Å². The number of carbonyl (C=O) groups excluding carboxylic acids is 1. The summed E-state index contributed by atoms with van der Waals surface area (Å²) in [5, 5.41) is 8.76. The van der Waals surface area contributed by atoms with Crippen LogP contribution in [-0.2, 0) is 14.3 Å². The zero-order valence-corrected chi connectivity index (χ0v) is 9.66. The highest BCUT2D eigenvalue weighted by Crippen LogP contribution is 2.19. The lowest BCUT2D eigenvalue weighted by molar-refractivity contribution is -0.150. The lowest BCUT2D eigenvalue weighted by Crippen LogP contribution is -2.23. The van der Waals surface area contributed by atoms with Crippen molar-refractivity contribution < 1.29 is 19.4 Å². The van der Waals surface area contributed by atoms with E-state index in [-0.39, 0.29) is 11.9 Å². The minimum atomic E-state index is -0.861. The van der Waals surface area contributed by atoms with E-state index >= 15 is 0 Å². The Bertz CT molecular complexity index is 213. The average Bonchev–Trinajstić information content (AvgIpc) is 2.17. The van der Waals surface area contributed by atoms with E-state index in [1.165, 1.54) is 0 Å². The van der Waals surface area contributed by atoms with Gasteiger partial charge in [-0.05, 0) is 19.8 Å². The Morgan fingerprint density at radius 3 is 2.33 bits per heavy atom. The number of aliphatic carboxylic acids is 1. The molecule has 0 aliphatic heterocycles. The van der Waals surface area contributed by atoms with E-state index in [9.17, 15) is 9.59 Å². The Morgan fingerprint density at radius 2 is 1.93 bits per heavy atom. The molecule has 0 saturated heterocycles. The molecule has 1 N–H and O–H groups in total. The van der Waals surface area contributed by atoms with Gasteiger partial charge in [0.05, 0.1) is 18.4 Å². The maximum absolute atomic E-state index is 11.5. The molecule has 0 fully saturated rings. The normalized spacial score (nSPS) is 14.3. The van der Waals surface area contributed by atoms with E-state index < -0.39 is 11.9 Å². The van der Waals surface area contributed by atoms with E-state index in [0.29, 0.717) is 19.4 Å². The second-order valence-electron chi connectivity index (χ2n) is 3.71. The topological polar surface area (TPSA) is 63.6 Å². The first-order valence-electron chi connectivity index (χ1n) is 5.42. The van der Waals surface area contributed by atoms with Crippen molar-refractivity contribution in [1.29, 1.82) is 0 Å². The second-order valence-corrected chi connectivity index (χ2v) is 3.71. The quantitative estimate of drug-likeness (QED) is 0.662. The molecular weight excluding hydrogens is 196 g/mol. The summed E-state index contributed by atoms with van der Waals surface area (Å²) in [6, 6.07) is 0. The van der Waals surface area contributed by atoms with Gasteiger partial charge in [-0.2, -0.15) is 0 Å². The smallest absolute Gasteiger partial charge is 0.308 e. The predicted molar refractivity (Wildman–Crippen MR) is 56.4 cm³/mol. The molecule has 0 bridgehead atoms. The number of carboxylic acids is 1. The van der Waals surface area contributed by atoms with Gasteiger partial charge in [0.2, 0.25) is 0 Å². The number of esters is 1. The molecule has 0 aliphatic carbocycles. The van der Waals surface area contributed by atoms with Crippen molar-refractivity contribution in [2.45, 2.75) is 40.0 Å². The third kappa shape index (κ3) is 5.40. The minimum Gasteiger partial charge on any atom is -0.481 e. The van der Waals surface area contributed by atoms with Crippen molar-refractivity contribution in [1.82, 2.24) is 0 Å². The van der Waals surface area contributed by atoms with Gasteiger partial charge < -0.3 is 9.84 Å². The lowest BCUT2D eigenvalue weighted by Gasteiger charge is -2.16. The summed E-state index contributed by atoms with van der Waals surface area (Å²) in [6.45, 7) is 5.68. The summed E-state index contributed by atoms with van der Waals surface area (Å²) in [4.78, 5) is 22.1. The fourth-order valence-electron chi connectivity index (χ4n) is 1.47. The third-order valence-corrected chi connectivity index (χ3v) is 2.32. The maximum atomic E-state index is 11.5. The fraction of sp³-hybridized carbons (Fsp3) is 0.818. The van der Waals surface area contributed by atoms with Gasteiger partial charge in [-0.15, -0.1) is 0 Å². The van der Waals surface area contributed by atoms with Gasteiger partial charge in [-0.25, -0.2) is 0 Å². The molecule has 0 radical (unpaired) electrons. The zero-order chi connectivity index (χ0) is 11.8. The molecule has 0 rings (SSSR count). The molecule has 0 aliphatic rings. The zero-order valence-electron chi connectivity index (χ0n) is 9.66. The van der Waals surface area contributed by atoms with Gasteiger partial charge in [0.25, 0.3) is 0 Å². The Labute approximate surface area is 90.6 Å². The first kappa shape index (κ1) is 13.9. The van der Waals surface area contributed by atoms with Crippen molar-refractivity contribution in [2.75, 3.05) is 6.61 Å². The molecule has 4 heteroatoms. The van der Waals surface area contributed by atoms with Crippen LogP contribution in [0, 0.1) is 11.8 Å². The number of carboxylic acid groups (broad SMARTS) is 1. The van der Waals surface area contributed by atoms with Crippen LogP contribution in [0.25, 0.3) is 0 Å². The molecule has 15 heavy (non-hydrogen) atoms. The van der Waals surface area contributed by atoms with Crippen LogP contribution in [-0.4, -0.2) is 23.7 Å². The van der Waals surface area contributed by atoms with Crippen LogP contribution in [0.15, 0.2) is 0 Å². The standard InChI is InChI=1S/C11H20O4/c1-4-6-9(11(14)15-5-2)7-8(3)10(12)13/h8-9H,4-7H2,1-3H3,(H,12,13)/t8-,9-/m1/s1. The van der Waals surface area contributed by atoms with Crippen LogP contribution in [0.3, 0.4) is 0 Å². The molecule has 0 spiro atoms. The summed E-state index contributed by atoms with van der Waals surface area (Å²) in [5.74, 6) is -1.90. The first-order chi connectivity index (χ1) is 7.02. The SMILES string of the molecule is CCC[C@H](C[C@@H](C)C(=O)O)C(=O)OCC. The van der Waals surface area contributed by atoms with E-state index in [2.05, 4.69) is 0 Å². The predicted octanol–water partition coefficient (Wildman–Crippen LogP) is 2.08. The second kappa shape index (κ2) is 7.26. The van der Waals surface area contributed by atoms with Crippen molar-refractivity contribution >= 4 is 11.9 Å². The lowest BCUT2D eigenvalue weighted by atomic mass is 9.92. The first-order valence-corrected chi connectivity index (χ1v) is 5.42. The van der Waals surface area contributed by atoms with Gasteiger partial charge in [-0.3, -0.25) is 9.59 Å². The minimum absolute atomic E-state index is 0.271. The molecule has 0 saturated carbocycles. The van der Waals surface area contributed by atoms with Gasteiger partial charge >= 0.3 is 11.9 Å². The summed E-state index contributed by atoms with van der Waals surface area (Å²) in [5.41, 5.74) is 0. The number of rotatable bonds is 7. The Hall–Kier alpha value is -1.06. The molecule has 0 unspecified atom stereocenters. The molecule has 0 heterocycles. The molecule has 88 valence electrons. The van der Waals surface area contributed by atoms with Crippen LogP contribution < -0.4 is 0 Å². The molecule has 0 aromatic carbocycles. The summed E-state index contributed by atoms with van der Waals surface area (Å²) in [6.07, 6.45) is 1.91. The van der Waals surface area contributed by atoms with Gasteiger partial charge in [0.15, 0.2) is 0 Å². The van der Waals surface area contributed by atoms with E-state index in [1.54, 1.807) is 13.8 Å². The van der Waals surface area contributed by atoms with Gasteiger partial charge in [-0.1, -0.05) is 20.3 Å². The monoisotopic (exact) mass is 216 g/mol. The largest absolute Gasteiger partial charge is 0.481 e. The Kier molecular flexibility index (Phi) is 6.75. The van der Waals surface area contributed by atoms with Gasteiger partial charge in [0, 0.05) is 0 Å². The molecule has 0 amide bonds. The molecule has 0 aromatic heterocycles. The highest BCUT2D eigenvalue weighted by molar-refractivity contribution is 5.74. The maximum Gasteiger partial charge on any atom is 0.308 e. The van der Waals surface area contributed by atoms with Crippen molar-refractivity contribution in [2.24, 2.45) is 11.8 Å². The molecular formula is C11H20O4. The van der Waals surface area contributed by atoms with Crippen LogP contribution in [0.1, 0.15) is 40.0 Å². The van der Waals surface area contributed by atoms with E-state index in [0.717, 1.165) is 6.42 Å². The summed E-state index contributed by atoms with van der Waals surface area (Å²) < 4.78 is 4.91.